The number of fused-ring (bicyclic) bond motifs is 1. The molecule has 5 nitrogen and oxygen atoms in total. The van der Waals surface area contributed by atoms with E-state index in [0.29, 0.717) is 6.54 Å². The molecule has 22 heavy (non-hydrogen) atoms. The van der Waals surface area contributed by atoms with Gasteiger partial charge >= 0.3 is 0 Å². The second-order valence-electron chi connectivity index (χ2n) is 5.08. The fourth-order valence-corrected chi connectivity index (χ4v) is 2.28. The third-order valence-corrected chi connectivity index (χ3v) is 3.56. The predicted molar refractivity (Wildman–Crippen MR) is 84.1 cm³/mol. The zero-order chi connectivity index (χ0) is 15.4. The van der Waals surface area contributed by atoms with Crippen molar-refractivity contribution in [2.24, 2.45) is 0 Å². The van der Waals surface area contributed by atoms with Crippen LogP contribution in [0.1, 0.15) is 5.56 Å². The third-order valence-electron chi connectivity index (χ3n) is 3.56. The van der Waals surface area contributed by atoms with Crippen LogP contribution in [0.4, 0.5) is 5.69 Å². The first-order valence-electron chi connectivity index (χ1n) is 7.15. The Morgan fingerprint density at radius 3 is 2.73 bits per heavy atom. The van der Waals surface area contributed by atoms with Gasteiger partial charge in [-0.15, -0.1) is 0 Å². The summed E-state index contributed by atoms with van der Waals surface area (Å²) in [4.78, 5) is 13.8. The minimum Gasteiger partial charge on any atom is -0.454 e. The van der Waals surface area contributed by atoms with Gasteiger partial charge in [-0.3, -0.25) is 4.79 Å². The van der Waals surface area contributed by atoms with Gasteiger partial charge < -0.3 is 19.7 Å². The Kier molecular flexibility index (Phi) is 4.25. The Morgan fingerprint density at radius 1 is 1.14 bits per heavy atom. The van der Waals surface area contributed by atoms with Crippen molar-refractivity contribution in [2.45, 2.75) is 6.54 Å². The van der Waals surface area contributed by atoms with Gasteiger partial charge in [0.25, 0.3) is 0 Å². The molecule has 0 bridgehead atoms. The molecular weight excluding hydrogens is 280 g/mol. The summed E-state index contributed by atoms with van der Waals surface area (Å²) in [7, 11) is 1.78. The molecule has 0 saturated heterocycles. The fourth-order valence-electron chi connectivity index (χ4n) is 2.28. The van der Waals surface area contributed by atoms with Gasteiger partial charge in [-0.25, -0.2) is 0 Å². The monoisotopic (exact) mass is 298 g/mol. The zero-order valence-electron chi connectivity index (χ0n) is 12.4. The number of benzene rings is 2. The highest BCUT2D eigenvalue weighted by atomic mass is 16.7. The largest absolute Gasteiger partial charge is 0.454 e. The van der Waals surface area contributed by atoms with Gasteiger partial charge in [0, 0.05) is 19.3 Å². The normalized spacial score (nSPS) is 12.2. The number of likely N-dealkylation sites (N-methyl/N-ethyl adjacent to an activating group) is 1. The maximum absolute atomic E-state index is 12.1. The summed E-state index contributed by atoms with van der Waals surface area (Å²) < 4.78 is 10.6. The molecule has 3 rings (SSSR count). The fraction of sp³-hybridized carbons (Fsp3) is 0.235. The number of hydrogen-bond donors (Lipinski definition) is 1. The Hall–Kier alpha value is -2.53. The van der Waals surface area contributed by atoms with Crippen LogP contribution in [0.15, 0.2) is 48.5 Å². The van der Waals surface area contributed by atoms with E-state index >= 15 is 0 Å². The van der Waals surface area contributed by atoms with Gasteiger partial charge in [-0.05, 0) is 29.8 Å². The van der Waals surface area contributed by atoms with Crippen molar-refractivity contribution in [3.05, 3.63) is 54.1 Å². The molecule has 0 unspecified atom stereocenters. The molecule has 1 aliphatic heterocycles. The van der Waals surface area contributed by atoms with E-state index in [1.807, 2.05) is 48.5 Å². The van der Waals surface area contributed by atoms with Gasteiger partial charge in [-0.2, -0.15) is 0 Å². The summed E-state index contributed by atoms with van der Waals surface area (Å²) >= 11 is 0. The summed E-state index contributed by atoms with van der Waals surface area (Å²) in [6, 6.07) is 15.4. The van der Waals surface area contributed by atoms with Crippen molar-refractivity contribution in [2.75, 3.05) is 25.3 Å². The van der Waals surface area contributed by atoms with E-state index in [1.165, 1.54) is 0 Å². The van der Waals surface area contributed by atoms with E-state index < -0.39 is 0 Å². The first-order chi connectivity index (χ1) is 10.7. The maximum atomic E-state index is 12.1. The van der Waals surface area contributed by atoms with E-state index in [4.69, 9.17) is 9.47 Å². The lowest BCUT2D eigenvalue weighted by atomic mass is 10.2. The molecule has 1 amide bonds. The zero-order valence-corrected chi connectivity index (χ0v) is 12.4. The smallest absolute Gasteiger partial charge is 0.240 e. The van der Waals surface area contributed by atoms with Crippen LogP contribution in [0.25, 0.3) is 0 Å². The van der Waals surface area contributed by atoms with Gasteiger partial charge in [0.1, 0.15) is 0 Å². The Morgan fingerprint density at radius 2 is 1.91 bits per heavy atom. The molecule has 0 fully saturated rings. The summed E-state index contributed by atoms with van der Waals surface area (Å²) in [6.45, 7) is 1.15. The average Bonchev–Trinajstić information content (AvgIpc) is 3.02. The van der Waals surface area contributed by atoms with Crippen molar-refractivity contribution in [3.63, 3.8) is 0 Å². The summed E-state index contributed by atoms with van der Waals surface area (Å²) in [5.41, 5.74) is 1.94. The molecule has 2 aromatic carbocycles. The van der Waals surface area contributed by atoms with E-state index in [9.17, 15) is 4.79 Å². The number of amides is 1. The van der Waals surface area contributed by atoms with Crippen LogP contribution in [0, 0.1) is 0 Å². The second-order valence-corrected chi connectivity index (χ2v) is 5.08. The molecule has 5 heteroatoms. The van der Waals surface area contributed by atoms with E-state index in [1.54, 1.807) is 11.9 Å². The Balaban J connectivity index is 1.51. The first kappa shape index (κ1) is 14.4. The number of hydrogen-bond acceptors (Lipinski definition) is 4. The van der Waals surface area contributed by atoms with Crippen LogP contribution in [-0.2, 0) is 11.3 Å². The quantitative estimate of drug-likeness (QED) is 0.919. The SMILES string of the molecule is CN(C(=O)CNCc1ccc2c(c1)OCO2)c1ccccc1. The lowest BCUT2D eigenvalue weighted by molar-refractivity contribution is -0.117. The van der Waals surface area contributed by atoms with E-state index in [2.05, 4.69) is 5.32 Å². The number of anilines is 1. The van der Waals surface area contributed by atoms with Crippen LogP contribution >= 0.6 is 0 Å². The number of carbonyl (C=O) groups excluding carboxylic acids is 1. The first-order valence-corrected chi connectivity index (χ1v) is 7.15. The van der Waals surface area contributed by atoms with Crippen molar-refractivity contribution in [1.29, 1.82) is 0 Å². The summed E-state index contributed by atoms with van der Waals surface area (Å²) in [5, 5.41) is 3.16. The molecule has 0 radical (unpaired) electrons. The standard InChI is InChI=1S/C17H18N2O3/c1-19(14-5-3-2-4-6-14)17(20)11-18-10-13-7-8-15-16(9-13)22-12-21-15/h2-9,18H,10-12H2,1H3. The van der Waals surface area contributed by atoms with Crippen molar-refractivity contribution < 1.29 is 14.3 Å². The maximum Gasteiger partial charge on any atom is 0.240 e. The van der Waals surface area contributed by atoms with Gasteiger partial charge in [-0.1, -0.05) is 24.3 Å². The van der Waals surface area contributed by atoms with Crippen LogP contribution in [0.2, 0.25) is 0 Å². The third kappa shape index (κ3) is 3.20. The molecule has 1 heterocycles. The van der Waals surface area contributed by atoms with Gasteiger partial charge in [0.15, 0.2) is 11.5 Å². The molecule has 1 N–H and O–H groups in total. The highest BCUT2D eigenvalue weighted by Crippen LogP contribution is 2.32. The summed E-state index contributed by atoms with van der Waals surface area (Å²) in [6.07, 6.45) is 0. The number of nitrogens with zero attached hydrogens (tertiary/aromatic N) is 1. The number of rotatable bonds is 5. The minimum atomic E-state index is 0.0203. The van der Waals surface area contributed by atoms with Crippen LogP contribution in [0.3, 0.4) is 0 Å². The number of nitrogens with one attached hydrogen (secondary N) is 1. The number of carbonyl (C=O) groups is 1. The van der Waals surface area contributed by atoms with E-state index in [-0.39, 0.29) is 19.2 Å². The average molecular weight is 298 g/mol. The van der Waals surface area contributed by atoms with E-state index in [0.717, 1.165) is 22.7 Å². The molecule has 2 aromatic rings. The van der Waals surface area contributed by atoms with Crippen molar-refractivity contribution >= 4 is 11.6 Å². The second kappa shape index (κ2) is 6.49. The van der Waals surface area contributed by atoms with Gasteiger partial charge in [0.05, 0.1) is 6.54 Å². The lowest BCUT2D eigenvalue weighted by Crippen LogP contribution is -2.35. The van der Waals surface area contributed by atoms with Crippen LogP contribution < -0.4 is 19.7 Å². The molecule has 1 aliphatic rings. The molecule has 0 aromatic heterocycles. The minimum absolute atomic E-state index is 0.0203. The Labute approximate surface area is 129 Å². The van der Waals surface area contributed by atoms with Crippen LogP contribution in [-0.4, -0.2) is 26.3 Å². The number of para-hydroxylation sites is 1. The van der Waals surface area contributed by atoms with Crippen LogP contribution in [0.5, 0.6) is 11.5 Å². The highest BCUT2D eigenvalue weighted by Gasteiger charge is 2.13. The molecular formula is C17H18N2O3. The molecule has 0 spiro atoms. The highest BCUT2D eigenvalue weighted by molar-refractivity contribution is 5.94. The molecule has 0 atom stereocenters. The van der Waals surface area contributed by atoms with Gasteiger partial charge in [0.2, 0.25) is 12.7 Å². The summed E-state index contributed by atoms with van der Waals surface area (Å²) in [5.74, 6) is 1.54. The Bertz CT molecular complexity index is 658. The molecule has 114 valence electrons. The molecule has 0 saturated carbocycles. The molecule has 0 aliphatic carbocycles. The predicted octanol–water partition coefficient (Wildman–Crippen LogP) is 2.17. The van der Waals surface area contributed by atoms with Crippen molar-refractivity contribution in [3.8, 4) is 11.5 Å². The van der Waals surface area contributed by atoms with Crippen molar-refractivity contribution in [1.82, 2.24) is 5.32 Å². The topological polar surface area (TPSA) is 50.8 Å². The number of ether oxygens (including phenoxy) is 2. The lowest BCUT2D eigenvalue weighted by Gasteiger charge is -2.17.